The predicted molar refractivity (Wildman–Crippen MR) is 129 cm³/mol. The van der Waals surface area contributed by atoms with Crippen molar-refractivity contribution in [3.05, 3.63) is 97.3 Å². The van der Waals surface area contributed by atoms with Gasteiger partial charge in [0.25, 0.3) is 0 Å². The molecule has 0 saturated heterocycles. The molecule has 0 aliphatic rings. The number of para-hydroxylation sites is 1. The van der Waals surface area contributed by atoms with E-state index in [0.29, 0.717) is 0 Å². The molecule has 0 N–H and O–H groups in total. The molecule has 7 rings (SSSR count). The predicted octanol–water partition coefficient (Wildman–Crippen LogP) is 7.70. The van der Waals surface area contributed by atoms with E-state index in [9.17, 15) is 0 Å². The van der Waals surface area contributed by atoms with Crippen LogP contribution >= 0.6 is 11.3 Å². The molecule has 0 saturated carbocycles. The summed E-state index contributed by atoms with van der Waals surface area (Å²) in [6.45, 7) is 0. The van der Waals surface area contributed by atoms with Gasteiger partial charge in [0, 0.05) is 49.4 Å². The molecule has 0 amide bonds. The van der Waals surface area contributed by atoms with Crippen LogP contribution in [0.5, 0.6) is 0 Å². The monoisotopic (exact) mass is 400 g/mol. The molecule has 140 valence electrons. The zero-order valence-corrected chi connectivity index (χ0v) is 16.9. The molecule has 0 atom stereocenters. The first-order valence-corrected chi connectivity index (χ1v) is 10.9. The number of thiophene rings is 1. The van der Waals surface area contributed by atoms with Crippen LogP contribution in [-0.4, -0.2) is 9.55 Å². The molecular formula is C27H16N2S. The topological polar surface area (TPSA) is 17.8 Å². The standard InChI is InChI=1S/C27H16N2S/c1-3-9-24-19(7-1)21-12-13-22-20-8-2-4-11-25(20)30-27(22)26(21)29(24)23-10-5-6-17-16-28-15-14-18(17)23/h1-16H. The minimum Gasteiger partial charge on any atom is -0.307 e. The van der Waals surface area contributed by atoms with Gasteiger partial charge in [-0.2, -0.15) is 0 Å². The number of rotatable bonds is 1. The Kier molecular flexibility index (Phi) is 3.18. The van der Waals surface area contributed by atoms with Gasteiger partial charge in [0.2, 0.25) is 0 Å². The zero-order chi connectivity index (χ0) is 19.7. The van der Waals surface area contributed by atoms with Gasteiger partial charge in [0.15, 0.2) is 0 Å². The maximum atomic E-state index is 4.33. The highest BCUT2D eigenvalue weighted by molar-refractivity contribution is 7.26. The second-order valence-electron chi connectivity index (χ2n) is 7.66. The van der Waals surface area contributed by atoms with Gasteiger partial charge >= 0.3 is 0 Å². The number of fused-ring (bicyclic) bond motifs is 8. The summed E-state index contributed by atoms with van der Waals surface area (Å²) in [5.74, 6) is 0. The van der Waals surface area contributed by atoms with Gasteiger partial charge in [-0.25, -0.2) is 0 Å². The Morgan fingerprint density at radius 1 is 0.633 bits per heavy atom. The largest absolute Gasteiger partial charge is 0.307 e. The van der Waals surface area contributed by atoms with Crippen molar-refractivity contribution in [3.63, 3.8) is 0 Å². The van der Waals surface area contributed by atoms with E-state index in [1.54, 1.807) is 0 Å². The lowest BCUT2D eigenvalue weighted by Crippen LogP contribution is -1.95. The van der Waals surface area contributed by atoms with E-state index in [-0.39, 0.29) is 0 Å². The molecule has 7 aromatic rings. The molecule has 0 bridgehead atoms. The Balaban J connectivity index is 1.77. The first kappa shape index (κ1) is 16.1. The third kappa shape index (κ3) is 2.05. The van der Waals surface area contributed by atoms with E-state index in [1.165, 1.54) is 53.1 Å². The van der Waals surface area contributed by atoms with Crippen molar-refractivity contribution < 1.29 is 0 Å². The van der Waals surface area contributed by atoms with Crippen molar-refractivity contribution in [3.8, 4) is 5.69 Å². The maximum absolute atomic E-state index is 4.33. The number of aromatic nitrogens is 2. The van der Waals surface area contributed by atoms with E-state index in [2.05, 4.69) is 94.5 Å². The smallest absolute Gasteiger partial charge is 0.0720 e. The van der Waals surface area contributed by atoms with E-state index >= 15 is 0 Å². The van der Waals surface area contributed by atoms with Crippen LogP contribution in [0.3, 0.4) is 0 Å². The van der Waals surface area contributed by atoms with Crippen LogP contribution in [0.1, 0.15) is 0 Å². The van der Waals surface area contributed by atoms with Gasteiger partial charge < -0.3 is 4.57 Å². The normalized spacial score (nSPS) is 12.0. The number of hydrogen-bond donors (Lipinski definition) is 0. The molecule has 0 aliphatic carbocycles. The molecule has 0 radical (unpaired) electrons. The Hall–Kier alpha value is -3.69. The lowest BCUT2D eigenvalue weighted by molar-refractivity contribution is 1.20. The average Bonchev–Trinajstić information content (AvgIpc) is 3.34. The first-order chi connectivity index (χ1) is 14.9. The Labute approximate surface area is 176 Å². The van der Waals surface area contributed by atoms with Crippen LogP contribution in [0.2, 0.25) is 0 Å². The van der Waals surface area contributed by atoms with Crippen molar-refractivity contribution in [1.82, 2.24) is 9.55 Å². The summed E-state index contributed by atoms with van der Waals surface area (Å²) in [6.07, 6.45) is 3.83. The number of pyridine rings is 1. The lowest BCUT2D eigenvalue weighted by Gasteiger charge is -2.11. The number of hydrogen-bond acceptors (Lipinski definition) is 2. The van der Waals surface area contributed by atoms with Crippen LogP contribution in [0.15, 0.2) is 97.3 Å². The van der Waals surface area contributed by atoms with Crippen molar-refractivity contribution in [1.29, 1.82) is 0 Å². The van der Waals surface area contributed by atoms with Gasteiger partial charge in [-0.15, -0.1) is 11.3 Å². The maximum Gasteiger partial charge on any atom is 0.0720 e. The molecule has 3 heterocycles. The van der Waals surface area contributed by atoms with Crippen LogP contribution < -0.4 is 0 Å². The molecular weight excluding hydrogens is 384 g/mol. The van der Waals surface area contributed by atoms with Crippen molar-refractivity contribution in [2.45, 2.75) is 0 Å². The number of benzene rings is 4. The second-order valence-corrected chi connectivity index (χ2v) is 8.72. The summed E-state index contributed by atoms with van der Waals surface area (Å²) in [6, 6.07) is 30.6. The van der Waals surface area contributed by atoms with Crippen molar-refractivity contribution >= 4 is 64.1 Å². The summed E-state index contributed by atoms with van der Waals surface area (Å²) in [4.78, 5) is 4.33. The van der Waals surface area contributed by atoms with Crippen LogP contribution in [0.25, 0.3) is 58.4 Å². The molecule has 2 nitrogen and oxygen atoms in total. The SMILES string of the molecule is c1cc(-n2c3ccccc3c3ccc4c5ccccc5sc4c32)c2ccncc2c1. The minimum absolute atomic E-state index is 1.16. The van der Waals surface area contributed by atoms with Gasteiger partial charge in [-0.1, -0.05) is 60.7 Å². The third-order valence-corrected chi connectivity index (χ3v) is 7.27. The van der Waals surface area contributed by atoms with Gasteiger partial charge in [-0.05, 0) is 24.3 Å². The van der Waals surface area contributed by atoms with Gasteiger partial charge in [0.05, 0.1) is 21.4 Å². The molecule has 0 unspecified atom stereocenters. The fraction of sp³-hybridized carbons (Fsp3) is 0. The highest BCUT2D eigenvalue weighted by Crippen LogP contribution is 2.43. The molecule has 0 spiro atoms. The summed E-state index contributed by atoms with van der Waals surface area (Å²) >= 11 is 1.89. The third-order valence-electron chi connectivity index (χ3n) is 6.08. The summed E-state index contributed by atoms with van der Waals surface area (Å²) < 4.78 is 5.12. The highest BCUT2D eigenvalue weighted by atomic mass is 32.1. The second kappa shape index (κ2) is 5.91. The summed E-state index contributed by atoms with van der Waals surface area (Å²) in [5, 5.41) is 7.62. The van der Waals surface area contributed by atoms with Gasteiger partial charge in [0.1, 0.15) is 0 Å². The zero-order valence-electron chi connectivity index (χ0n) is 16.0. The Bertz CT molecular complexity index is 1750. The quantitative estimate of drug-likeness (QED) is 0.276. The van der Waals surface area contributed by atoms with Crippen molar-refractivity contribution in [2.75, 3.05) is 0 Å². The van der Waals surface area contributed by atoms with E-state index in [4.69, 9.17) is 0 Å². The van der Waals surface area contributed by atoms with E-state index in [1.807, 2.05) is 23.7 Å². The number of nitrogens with zero attached hydrogens (tertiary/aromatic N) is 2. The van der Waals surface area contributed by atoms with Gasteiger partial charge in [-0.3, -0.25) is 4.98 Å². The van der Waals surface area contributed by atoms with Crippen LogP contribution in [-0.2, 0) is 0 Å². The Morgan fingerprint density at radius 3 is 2.43 bits per heavy atom. The molecule has 4 aromatic carbocycles. The lowest BCUT2D eigenvalue weighted by atomic mass is 10.1. The fourth-order valence-electron chi connectivity index (χ4n) is 4.78. The summed E-state index contributed by atoms with van der Waals surface area (Å²) in [5.41, 5.74) is 3.73. The van der Waals surface area contributed by atoms with Crippen molar-refractivity contribution in [2.24, 2.45) is 0 Å². The minimum atomic E-state index is 1.16. The van der Waals surface area contributed by atoms with Crippen LogP contribution in [0.4, 0.5) is 0 Å². The molecule has 3 aromatic heterocycles. The Morgan fingerprint density at radius 2 is 1.47 bits per heavy atom. The summed E-state index contributed by atoms with van der Waals surface area (Å²) in [7, 11) is 0. The fourth-order valence-corrected chi connectivity index (χ4v) is 6.02. The van der Waals surface area contributed by atoms with Crippen LogP contribution in [0, 0.1) is 0 Å². The highest BCUT2D eigenvalue weighted by Gasteiger charge is 2.18. The van der Waals surface area contributed by atoms with E-state index < -0.39 is 0 Å². The molecule has 0 fully saturated rings. The molecule has 0 aliphatic heterocycles. The van der Waals surface area contributed by atoms with E-state index in [0.717, 1.165) is 5.39 Å². The molecule has 30 heavy (non-hydrogen) atoms. The average molecular weight is 401 g/mol. The first-order valence-electron chi connectivity index (χ1n) is 10.1. The molecule has 3 heteroatoms.